The highest BCUT2D eigenvalue weighted by Gasteiger charge is 2.15. The topological polar surface area (TPSA) is 27.7 Å². The van der Waals surface area contributed by atoms with Crippen molar-refractivity contribution in [2.45, 2.75) is 18.2 Å². The van der Waals surface area contributed by atoms with E-state index >= 15 is 0 Å². The molecule has 0 saturated heterocycles. The third-order valence-corrected chi connectivity index (χ3v) is 3.16. The lowest BCUT2D eigenvalue weighted by molar-refractivity contribution is 0.0165. The molecule has 1 aliphatic rings. The predicted molar refractivity (Wildman–Crippen MR) is 67.5 cm³/mol. The Hall–Kier alpha value is -1.07. The van der Waals surface area contributed by atoms with E-state index in [0.29, 0.717) is 31.1 Å². The summed E-state index contributed by atoms with van der Waals surface area (Å²) in [6.07, 6.45) is -1.98. The average Bonchev–Trinajstić information content (AvgIpc) is 2.42. The Kier molecular flexibility index (Phi) is 5.22. The molecule has 0 bridgehead atoms. The van der Waals surface area contributed by atoms with Crippen LogP contribution in [0.25, 0.3) is 0 Å². The maximum Gasteiger partial charge on any atom is 0.261 e. The van der Waals surface area contributed by atoms with Gasteiger partial charge in [-0.3, -0.25) is 0 Å². The molecule has 0 aliphatic carbocycles. The molecule has 0 amide bonds. The summed E-state index contributed by atoms with van der Waals surface area (Å²) in [5, 5.41) is -0.298. The molecule has 6 heteroatoms. The summed E-state index contributed by atoms with van der Waals surface area (Å²) in [6, 6.07) is 5.47. The molecule has 0 fully saturated rings. The molecular formula is C13H15ClF2O3. The Morgan fingerprint density at radius 2 is 1.95 bits per heavy atom. The highest BCUT2D eigenvalue weighted by atomic mass is 35.5. The van der Waals surface area contributed by atoms with Gasteiger partial charge in [0.15, 0.2) is 11.5 Å². The van der Waals surface area contributed by atoms with Gasteiger partial charge in [0.05, 0.1) is 5.38 Å². The van der Waals surface area contributed by atoms with Crippen LogP contribution in [0.3, 0.4) is 0 Å². The molecule has 1 aliphatic heterocycles. The van der Waals surface area contributed by atoms with Gasteiger partial charge in [-0.25, -0.2) is 8.78 Å². The van der Waals surface area contributed by atoms with Gasteiger partial charge in [0, 0.05) is 6.61 Å². The van der Waals surface area contributed by atoms with Crippen LogP contribution in [0.5, 0.6) is 11.5 Å². The summed E-state index contributed by atoms with van der Waals surface area (Å²) in [5.74, 6) is 1.37. The molecular weight excluding hydrogens is 278 g/mol. The van der Waals surface area contributed by atoms with Crippen LogP contribution in [0.15, 0.2) is 18.2 Å². The van der Waals surface area contributed by atoms with Gasteiger partial charge in [0.1, 0.15) is 19.8 Å². The summed E-state index contributed by atoms with van der Waals surface area (Å²) in [4.78, 5) is 0. The van der Waals surface area contributed by atoms with Crippen molar-refractivity contribution in [3.8, 4) is 11.5 Å². The number of halogens is 3. The molecule has 106 valence electrons. The van der Waals surface area contributed by atoms with E-state index in [1.165, 1.54) is 0 Å². The van der Waals surface area contributed by atoms with Crippen molar-refractivity contribution in [3.05, 3.63) is 23.8 Å². The van der Waals surface area contributed by atoms with Crippen LogP contribution in [0.2, 0.25) is 0 Å². The maximum atomic E-state index is 11.9. The summed E-state index contributed by atoms with van der Waals surface area (Å²) in [6.45, 7) is 0.705. The van der Waals surface area contributed by atoms with Gasteiger partial charge in [-0.15, -0.1) is 11.6 Å². The van der Waals surface area contributed by atoms with Gasteiger partial charge in [0.25, 0.3) is 6.43 Å². The molecule has 0 spiro atoms. The first-order valence-electron chi connectivity index (χ1n) is 6.06. The fourth-order valence-corrected chi connectivity index (χ4v) is 2.01. The Labute approximate surface area is 115 Å². The first kappa shape index (κ1) is 14.3. The fraction of sp³-hybridized carbons (Fsp3) is 0.538. The summed E-state index contributed by atoms with van der Waals surface area (Å²) in [7, 11) is 0. The maximum absolute atomic E-state index is 11.9. The van der Waals surface area contributed by atoms with Gasteiger partial charge in [-0.1, -0.05) is 6.07 Å². The lowest BCUT2D eigenvalue weighted by atomic mass is 10.1. The van der Waals surface area contributed by atoms with Crippen molar-refractivity contribution in [1.29, 1.82) is 0 Å². The van der Waals surface area contributed by atoms with E-state index in [9.17, 15) is 8.78 Å². The van der Waals surface area contributed by atoms with E-state index in [-0.39, 0.29) is 12.0 Å². The van der Waals surface area contributed by atoms with Crippen molar-refractivity contribution >= 4 is 11.6 Å². The summed E-state index contributed by atoms with van der Waals surface area (Å²) in [5.41, 5.74) is 0.867. The second kappa shape index (κ2) is 6.91. The van der Waals surface area contributed by atoms with Crippen LogP contribution >= 0.6 is 11.6 Å². The normalized spacial score (nSPS) is 15.6. The minimum absolute atomic E-state index is 0.201. The molecule has 0 N–H and O–H groups in total. The van der Waals surface area contributed by atoms with E-state index in [2.05, 4.69) is 0 Å². The zero-order valence-electron chi connectivity index (χ0n) is 10.3. The van der Waals surface area contributed by atoms with E-state index in [1.54, 1.807) is 6.07 Å². The second-order valence-corrected chi connectivity index (χ2v) is 4.65. The van der Waals surface area contributed by atoms with E-state index in [4.69, 9.17) is 25.8 Å². The quantitative estimate of drug-likeness (QED) is 0.594. The largest absolute Gasteiger partial charge is 0.486 e. The van der Waals surface area contributed by atoms with E-state index in [1.807, 2.05) is 12.1 Å². The number of rotatable bonds is 6. The fourth-order valence-electron chi connectivity index (χ4n) is 1.78. The molecule has 0 aromatic heterocycles. The molecule has 1 unspecified atom stereocenters. The molecule has 19 heavy (non-hydrogen) atoms. The standard InChI is InChI=1S/C13H15ClF2O3/c14-10(3-4-17-8-13(15)16)9-1-2-11-12(7-9)19-6-5-18-11/h1-2,7,10,13H,3-6,8H2. The lowest BCUT2D eigenvalue weighted by Gasteiger charge is -2.20. The predicted octanol–water partition coefficient (Wildman–Crippen LogP) is 3.41. The molecule has 1 atom stereocenters. The lowest BCUT2D eigenvalue weighted by Crippen LogP contribution is -2.15. The molecule has 3 nitrogen and oxygen atoms in total. The Balaban J connectivity index is 1.86. The Bertz CT molecular complexity index is 415. The molecule has 0 saturated carbocycles. The highest BCUT2D eigenvalue weighted by molar-refractivity contribution is 6.20. The summed E-state index contributed by atoms with van der Waals surface area (Å²) < 4.78 is 39.4. The minimum atomic E-state index is -2.44. The zero-order valence-corrected chi connectivity index (χ0v) is 11.0. The monoisotopic (exact) mass is 292 g/mol. The van der Waals surface area contributed by atoms with Crippen LogP contribution in [0, 0.1) is 0 Å². The van der Waals surface area contributed by atoms with Crippen molar-refractivity contribution in [3.63, 3.8) is 0 Å². The van der Waals surface area contributed by atoms with Gasteiger partial charge in [-0.05, 0) is 24.1 Å². The molecule has 1 aromatic carbocycles. The van der Waals surface area contributed by atoms with Gasteiger partial charge >= 0.3 is 0 Å². The minimum Gasteiger partial charge on any atom is -0.486 e. The number of hydrogen-bond donors (Lipinski definition) is 0. The zero-order chi connectivity index (χ0) is 13.7. The van der Waals surface area contributed by atoms with Crippen LogP contribution in [-0.2, 0) is 4.74 Å². The summed E-state index contributed by atoms with van der Waals surface area (Å²) >= 11 is 6.20. The first-order valence-corrected chi connectivity index (χ1v) is 6.50. The van der Waals surface area contributed by atoms with Gasteiger partial charge < -0.3 is 14.2 Å². The Morgan fingerprint density at radius 3 is 2.68 bits per heavy atom. The smallest absolute Gasteiger partial charge is 0.261 e. The Morgan fingerprint density at radius 1 is 1.21 bits per heavy atom. The van der Waals surface area contributed by atoms with Gasteiger partial charge in [0.2, 0.25) is 0 Å². The SMILES string of the molecule is FC(F)COCCC(Cl)c1ccc2c(c1)OCCO2. The van der Waals surface area contributed by atoms with Crippen LogP contribution < -0.4 is 9.47 Å². The van der Waals surface area contributed by atoms with Crippen LogP contribution in [0.4, 0.5) is 8.78 Å². The van der Waals surface area contributed by atoms with E-state index < -0.39 is 13.0 Å². The number of hydrogen-bond acceptors (Lipinski definition) is 3. The van der Waals surface area contributed by atoms with Crippen LogP contribution in [0.1, 0.15) is 17.4 Å². The van der Waals surface area contributed by atoms with Gasteiger partial charge in [-0.2, -0.15) is 0 Å². The second-order valence-electron chi connectivity index (χ2n) is 4.13. The highest BCUT2D eigenvalue weighted by Crippen LogP contribution is 2.35. The number of alkyl halides is 3. The third kappa shape index (κ3) is 4.21. The first-order chi connectivity index (χ1) is 9.16. The molecule has 2 rings (SSSR count). The number of ether oxygens (including phenoxy) is 3. The van der Waals surface area contributed by atoms with Crippen molar-refractivity contribution in [2.75, 3.05) is 26.4 Å². The van der Waals surface area contributed by atoms with E-state index in [0.717, 1.165) is 5.56 Å². The van der Waals surface area contributed by atoms with Crippen molar-refractivity contribution in [2.24, 2.45) is 0 Å². The number of benzene rings is 1. The third-order valence-electron chi connectivity index (χ3n) is 2.69. The van der Waals surface area contributed by atoms with Crippen LogP contribution in [-0.4, -0.2) is 32.9 Å². The number of fused-ring (bicyclic) bond motifs is 1. The average molecular weight is 293 g/mol. The molecule has 0 radical (unpaired) electrons. The molecule has 1 aromatic rings. The van der Waals surface area contributed by atoms with Crippen molar-refractivity contribution < 1.29 is 23.0 Å². The molecule has 1 heterocycles. The van der Waals surface area contributed by atoms with Crippen molar-refractivity contribution in [1.82, 2.24) is 0 Å².